The summed E-state index contributed by atoms with van der Waals surface area (Å²) in [4.78, 5) is 4.24. The second kappa shape index (κ2) is 5.44. The van der Waals surface area contributed by atoms with Gasteiger partial charge >= 0.3 is 0 Å². The predicted molar refractivity (Wildman–Crippen MR) is 72.6 cm³/mol. The van der Waals surface area contributed by atoms with E-state index in [1.165, 1.54) is 4.31 Å². The summed E-state index contributed by atoms with van der Waals surface area (Å²) in [7, 11) is -0.319. The monoisotopic (exact) mass is 285 g/mol. The summed E-state index contributed by atoms with van der Waals surface area (Å²) in [5.74, 6) is 0.362. The van der Waals surface area contributed by atoms with E-state index < -0.39 is 10.0 Å². The van der Waals surface area contributed by atoms with Gasteiger partial charge in [0.25, 0.3) is 0 Å². The fourth-order valence-electron chi connectivity index (χ4n) is 2.32. The molecule has 0 bridgehead atoms. The highest BCUT2D eigenvalue weighted by atomic mass is 32.2. The van der Waals surface area contributed by atoms with Crippen molar-refractivity contribution >= 4 is 15.8 Å². The maximum absolute atomic E-state index is 12.6. The number of sulfonamides is 1. The Hall–Kier alpha value is -1.18. The lowest BCUT2D eigenvalue weighted by atomic mass is 10.2. The first-order valence-corrected chi connectivity index (χ1v) is 7.65. The molecule has 2 unspecified atom stereocenters. The molecule has 0 spiro atoms. The van der Waals surface area contributed by atoms with Crippen LogP contribution in [0.5, 0.6) is 0 Å². The highest BCUT2D eigenvalue weighted by Crippen LogP contribution is 2.27. The molecule has 2 heterocycles. The molecule has 0 amide bonds. The summed E-state index contributed by atoms with van der Waals surface area (Å²) in [6.45, 7) is 2.49. The number of hydrogen-bond acceptors (Lipinski definition) is 5. The molecule has 106 valence electrons. The van der Waals surface area contributed by atoms with Crippen molar-refractivity contribution in [3.05, 3.63) is 18.3 Å². The van der Waals surface area contributed by atoms with Crippen LogP contribution in [0.15, 0.2) is 23.2 Å². The average Bonchev–Trinajstić information content (AvgIpc) is 2.83. The van der Waals surface area contributed by atoms with Crippen LogP contribution in [-0.4, -0.2) is 50.6 Å². The van der Waals surface area contributed by atoms with Gasteiger partial charge in [0.15, 0.2) is 0 Å². The first kappa shape index (κ1) is 14.2. The maximum atomic E-state index is 12.6. The van der Waals surface area contributed by atoms with E-state index in [9.17, 15) is 8.42 Å². The Bertz CT molecular complexity index is 547. The third-order valence-electron chi connectivity index (χ3n) is 3.47. The molecule has 1 aliphatic heterocycles. The fraction of sp³-hybridized carbons (Fsp3) is 0.583. The highest BCUT2D eigenvalue weighted by Gasteiger charge is 2.36. The third-order valence-corrected chi connectivity index (χ3v) is 5.38. The number of likely N-dealkylation sites (N-methyl/N-ethyl adjacent to an activating group) is 1. The zero-order valence-electron chi connectivity index (χ0n) is 11.3. The van der Waals surface area contributed by atoms with Crippen molar-refractivity contribution in [1.29, 1.82) is 0 Å². The van der Waals surface area contributed by atoms with E-state index in [1.54, 1.807) is 32.4 Å². The molecule has 0 radical (unpaired) electrons. The third kappa shape index (κ3) is 2.58. The number of ether oxygens (including phenoxy) is 1. The van der Waals surface area contributed by atoms with Gasteiger partial charge < -0.3 is 10.1 Å². The Morgan fingerprint density at radius 2 is 2.26 bits per heavy atom. The van der Waals surface area contributed by atoms with Crippen LogP contribution in [0, 0.1) is 0 Å². The van der Waals surface area contributed by atoms with Crippen molar-refractivity contribution in [2.24, 2.45) is 0 Å². The van der Waals surface area contributed by atoms with Gasteiger partial charge in [-0.1, -0.05) is 0 Å². The normalized spacial score (nSPS) is 23.8. The van der Waals surface area contributed by atoms with Gasteiger partial charge in [0, 0.05) is 26.9 Å². The quantitative estimate of drug-likeness (QED) is 0.890. The first-order valence-electron chi connectivity index (χ1n) is 6.21. The summed E-state index contributed by atoms with van der Waals surface area (Å²) in [6.07, 6.45) is 2.19. The topological polar surface area (TPSA) is 71.5 Å². The van der Waals surface area contributed by atoms with Crippen LogP contribution >= 0.6 is 0 Å². The highest BCUT2D eigenvalue weighted by molar-refractivity contribution is 7.89. The molecule has 2 rings (SSSR count). The Morgan fingerprint density at radius 3 is 2.84 bits per heavy atom. The van der Waals surface area contributed by atoms with E-state index in [2.05, 4.69) is 10.3 Å². The maximum Gasteiger partial charge on any atom is 0.246 e. The van der Waals surface area contributed by atoms with E-state index in [4.69, 9.17) is 4.74 Å². The number of aromatic nitrogens is 1. The van der Waals surface area contributed by atoms with Gasteiger partial charge in [0.05, 0.1) is 12.1 Å². The van der Waals surface area contributed by atoms with Gasteiger partial charge in [-0.15, -0.1) is 0 Å². The molecule has 1 aromatic rings. The van der Waals surface area contributed by atoms with Crippen molar-refractivity contribution in [2.75, 3.05) is 26.0 Å². The van der Waals surface area contributed by atoms with Crippen molar-refractivity contribution in [2.45, 2.75) is 30.4 Å². The molecule has 0 aliphatic carbocycles. The minimum atomic E-state index is -3.57. The van der Waals surface area contributed by atoms with Crippen LogP contribution in [0.1, 0.15) is 13.3 Å². The van der Waals surface area contributed by atoms with Crippen LogP contribution < -0.4 is 5.32 Å². The molecule has 2 atom stereocenters. The van der Waals surface area contributed by atoms with Crippen molar-refractivity contribution in [3.63, 3.8) is 0 Å². The van der Waals surface area contributed by atoms with Crippen molar-refractivity contribution in [3.8, 4) is 0 Å². The number of pyridine rings is 1. The smallest absolute Gasteiger partial charge is 0.246 e. The second-order valence-electron chi connectivity index (χ2n) is 4.55. The first-order chi connectivity index (χ1) is 8.98. The van der Waals surface area contributed by atoms with E-state index in [-0.39, 0.29) is 17.0 Å². The number of nitrogens with one attached hydrogen (secondary N) is 1. The Kier molecular flexibility index (Phi) is 4.07. The molecule has 1 aromatic heterocycles. The van der Waals surface area contributed by atoms with Gasteiger partial charge in [-0.3, -0.25) is 0 Å². The molecular weight excluding hydrogens is 266 g/mol. The molecule has 0 aromatic carbocycles. The summed E-state index contributed by atoms with van der Waals surface area (Å²) >= 11 is 0. The molecule has 1 saturated heterocycles. The molecular formula is C12H19N3O3S. The van der Waals surface area contributed by atoms with Gasteiger partial charge in [-0.2, -0.15) is 4.31 Å². The standard InChI is InChI=1S/C12H19N3O3S/c1-9-10(6-8-18-9)15(3)19(16,17)11-5-4-7-14-12(11)13-2/h4-5,7,9-10H,6,8H2,1-3H3,(H,13,14). The van der Waals surface area contributed by atoms with Gasteiger partial charge in [0.1, 0.15) is 10.7 Å². The number of nitrogens with zero attached hydrogens (tertiary/aromatic N) is 2. The lowest BCUT2D eigenvalue weighted by Gasteiger charge is -2.26. The number of hydrogen-bond donors (Lipinski definition) is 1. The molecule has 1 fully saturated rings. The van der Waals surface area contributed by atoms with Gasteiger partial charge in [0.2, 0.25) is 10.0 Å². The molecule has 1 N–H and O–H groups in total. The van der Waals surface area contributed by atoms with Crippen molar-refractivity contribution < 1.29 is 13.2 Å². The Morgan fingerprint density at radius 1 is 1.53 bits per heavy atom. The van der Waals surface area contributed by atoms with Gasteiger partial charge in [-0.25, -0.2) is 13.4 Å². The number of anilines is 1. The Balaban J connectivity index is 2.36. The van der Waals surface area contributed by atoms with E-state index in [1.807, 2.05) is 6.92 Å². The zero-order valence-corrected chi connectivity index (χ0v) is 12.1. The molecule has 19 heavy (non-hydrogen) atoms. The number of rotatable bonds is 4. The van der Waals surface area contributed by atoms with Gasteiger partial charge in [-0.05, 0) is 25.5 Å². The fourth-order valence-corrected chi connectivity index (χ4v) is 3.91. The average molecular weight is 285 g/mol. The predicted octanol–water partition coefficient (Wildman–Crippen LogP) is 0.921. The zero-order chi connectivity index (χ0) is 14.0. The summed E-state index contributed by atoms with van der Waals surface area (Å²) in [6, 6.07) is 3.05. The van der Waals surface area contributed by atoms with Crippen molar-refractivity contribution in [1.82, 2.24) is 9.29 Å². The van der Waals surface area contributed by atoms with Crippen LogP contribution in [0.25, 0.3) is 0 Å². The molecule has 1 aliphatic rings. The van der Waals surface area contributed by atoms with Crippen LogP contribution in [0.2, 0.25) is 0 Å². The minimum absolute atomic E-state index is 0.0884. The van der Waals surface area contributed by atoms with E-state index >= 15 is 0 Å². The molecule has 6 nitrogen and oxygen atoms in total. The minimum Gasteiger partial charge on any atom is -0.377 e. The second-order valence-corrected chi connectivity index (χ2v) is 6.52. The van der Waals surface area contributed by atoms with E-state index in [0.717, 1.165) is 0 Å². The summed E-state index contributed by atoms with van der Waals surface area (Å²) in [5.41, 5.74) is 0. The van der Waals surface area contributed by atoms with E-state index in [0.29, 0.717) is 18.8 Å². The lowest BCUT2D eigenvalue weighted by Crippen LogP contribution is -2.41. The SMILES string of the molecule is CNc1ncccc1S(=O)(=O)N(C)C1CCOC1C. The Labute approximate surface area is 113 Å². The summed E-state index contributed by atoms with van der Waals surface area (Å²) < 4.78 is 32.1. The lowest BCUT2D eigenvalue weighted by molar-refractivity contribution is 0.102. The van der Waals surface area contributed by atoms with Crippen LogP contribution in [0.4, 0.5) is 5.82 Å². The van der Waals surface area contributed by atoms with Crippen LogP contribution in [-0.2, 0) is 14.8 Å². The molecule has 0 saturated carbocycles. The van der Waals surface area contributed by atoms with Crippen LogP contribution in [0.3, 0.4) is 0 Å². The summed E-state index contributed by atoms with van der Waals surface area (Å²) in [5, 5.41) is 2.81. The largest absolute Gasteiger partial charge is 0.377 e. The molecule has 7 heteroatoms.